The third-order valence-corrected chi connectivity index (χ3v) is 4.46. The molecule has 2 atom stereocenters. The summed E-state index contributed by atoms with van der Waals surface area (Å²) in [6, 6.07) is 3.25. The Morgan fingerprint density at radius 1 is 1.41 bits per heavy atom. The Morgan fingerprint density at radius 3 is 2.76 bits per heavy atom. The van der Waals surface area contributed by atoms with E-state index in [1.165, 1.54) is 25.7 Å². The third-order valence-electron chi connectivity index (χ3n) is 4.46. The van der Waals surface area contributed by atoms with Crippen LogP contribution in [0.4, 0.5) is 0 Å². The molecule has 3 nitrogen and oxygen atoms in total. The highest BCUT2D eigenvalue weighted by Crippen LogP contribution is 2.40. The molecule has 17 heavy (non-hydrogen) atoms. The quantitative estimate of drug-likeness (QED) is 0.766. The van der Waals surface area contributed by atoms with Crippen molar-refractivity contribution in [3.63, 3.8) is 0 Å². The summed E-state index contributed by atoms with van der Waals surface area (Å²) in [6.07, 6.45) is 7.20. The molecule has 0 amide bonds. The molecule has 0 heterocycles. The van der Waals surface area contributed by atoms with Gasteiger partial charge in [-0.05, 0) is 58.2 Å². The van der Waals surface area contributed by atoms with Crippen LogP contribution in [-0.4, -0.2) is 36.6 Å². The van der Waals surface area contributed by atoms with Crippen LogP contribution >= 0.6 is 0 Å². The van der Waals surface area contributed by atoms with E-state index < -0.39 is 0 Å². The van der Waals surface area contributed by atoms with Crippen LogP contribution in [0.2, 0.25) is 0 Å². The van der Waals surface area contributed by atoms with Gasteiger partial charge in [-0.3, -0.25) is 5.32 Å². The van der Waals surface area contributed by atoms with Gasteiger partial charge >= 0.3 is 0 Å². The van der Waals surface area contributed by atoms with E-state index in [0.717, 1.165) is 25.9 Å². The Labute approximate surface area is 105 Å². The average Bonchev–Trinajstić information content (AvgIpc) is 3.06. The first kappa shape index (κ1) is 12.9. The van der Waals surface area contributed by atoms with Gasteiger partial charge in [-0.25, -0.2) is 0 Å². The lowest BCUT2D eigenvalue weighted by Gasteiger charge is -2.31. The van der Waals surface area contributed by atoms with Crippen LogP contribution in [0.1, 0.15) is 45.4 Å². The van der Waals surface area contributed by atoms with Gasteiger partial charge in [0.2, 0.25) is 0 Å². The minimum atomic E-state index is -0.199. The molecule has 3 heteroatoms. The molecule has 0 aromatic rings. The largest absolute Gasteiger partial charge is 0.307 e. The van der Waals surface area contributed by atoms with Crippen LogP contribution in [0.5, 0.6) is 0 Å². The second-order valence-electron chi connectivity index (χ2n) is 5.78. The summed E-state index contributed by atoms with van der Waals surface area (Å²) < 4.78 is 0. The topological polar surface area (TPSA) is 39.1 Å². The molecule has 0 aliphatic heterocycles. The summed E-state index contributed by atoms with van der Waals surface area (Å²) in [5.41, 5.74) is -0.199. The Balaban J connectivity index is 1.91. The van der Waals surface area contributed by atoms with Crippen molar-refractivity contribution in [2.45, 2.75) is 57.0 Å². The normalized spacial score (nSPS) is 32.9. The van der Waals surface area contributed by atoms with Gasteiger partial charge in [-0.1, -0.05) is 13.3 Å². The molecule has 0 aromatic carbocycles. The molecule has 2 unspecified atom stereocenters. The summed E-state index contributed by atoms with van der Waals surface area (Å²) in [7, 11) is 2.16. The Morgan fingerprint density at radius 2 is 2.18 bits per heavy atom. The second kappa shape index (κ2) is 5.37. The first-order valence-corrected chi connectivity index (χ1v) is 7.07. The van der Waals surface area contributed by atoms with Gasteiger partial charge in [0, 0.05) is 6.04 Å². The van der Waals surface area contributed by atoms with Crippen molar-refractivity contribution in [1.29, 1.82) is 5.26 Å². The minimum Gasteiger partial charge on any atom is -0.307 e. The van der Waals surface area contributed by atoms with E-state index >= 15 is 0 Å². The van der Waals surface area contributed by atoms with Gasteiger partial charge < -0.3 is 4.90 Å². The van der Waals surface area contributed by atoms with Gasteiger partial charge in [0.25, 0.3) is 0 Å². The molecule has 2 rings (SSSR count). The third kappa shape index (κ3) is 3.00. The monoisotopic (exact) mass is 235 g/mol. The SMILES string of the molecule is CCN(C)CCC1CCCC1(C#N)NC1CC1. The molecule has 0 saturated heterocycles. The van der Waals surface area contributed by atoms with Crippen molar-refractivity contribution >= 4 is 0 Å². The van der Waals surface area contributed by atoms with Crippen molar-refractivity contribution in [1.82, 2.24) is 10.2 Å². The lowest BCUT2D eigenvalue weighted by atomic mass is 9.85. The number of nitrogens with one attached hydrogen (secondary N) is 1. The van der Waals surface area contributed by atoms with Crippen molar-refractivity contribution in [3.05, 3.63) is 0 Å². The maximum Gasteiger partial charge on any atom is 0.109 e. The van der Waals surface area contributed by atoms with Crippen LogP contribution in [0.15, 0.2) is 0 Å². The van der Waals surface area contributed by atoms with Crippen LogP contribution in [0.25, 0.3) is 0 Å². The van der Waals surface area contributed by atoms with Gasteiger partial charge in [0.15, 0.2) is 0 Å². The molecule has 1 N–H and O–H groups in total. The molecule has 2 fully saturated rings. The van der Waals surface area contributed by atoms with Crippen LogP contribution in [0.3, 0.4) is 0 Å². The maximum atomic E-state index is 9.56. The second-order valence-corrected chi connectivity index (χ2v) is 5.78. The van der Waals surface area contributed by atoms with Crippen molar-refractivity contribution in [2.24, 2.45) is 5.92 Å². The van der Waals surface area contributed by atoms with E-state index in [1.807, 2.05) is 0 Å². The fourth-order valence-electron chi connectivity index (χ4n) is 2.96. The number of nitrogens with zero attached hydrogens (tertiary/aromatic N) is 2. The molecule has 2 saturated carbocycles. The Bertz CT molecular complexity index is 292. The summed E-state index contributed by atoms with van der Waals surface area (Å²) in [4.78, 5) is 2.34. The van der Waals surface area contributed by atoms with E-state index in [2.05, 4.69) is 30.3 Å². The van der Waals surface area contributed by atoms with Gasteiger partial charge in [-0.15, -0.1) is 0 Å². The fraction of sp³-hybridized carbons (Fsp3) is 0.929. The number of nitriles is 1. The van der Waals surface area contributed by atoms with Gasteiger partial charge in [0.1, 0.15) is 5.54 Å². The minimum absolute atomic E-state index is 0.199. The zero-order chi connectivity index (χ0) is 12.3. The first-order chi connectivity index (χ1) is 8.20. The molecule has 2 aliphatic rings. The number of rotatable bonds is 6. The van der Waals surface area contributed by atoms with E-state index in [4.69, 9.17) is 0 Å². The van der Waals surface area contributed by atoms with E-state index in [0.29, 0.717) is 12.0 Å². The molecule has 96 valence electrons. The maximum absolute atomic E-state index is 9.56. The number of hydrogen-bond acceptors (Lipinski definition) is 3. The van der Waals surface area contributed by atoms with Crippen LogP contribution < -0.4 is 5.32 Å². The van der Waals surface area contributed by atoms with E-state index in [1.54, 1.807) is 0 Å². The lowest BCUT2D eigenvalue weighted by Crippen LogP contribution is -2.48. The van der Waals surface area contributed by atoms with Gasteiger partial charge in [-0.2, -0.15) is 5.26 Å². The average molecular weight is 235 g/mol. The highest BCUT2D eigenvalue weighted by molar-refractivity contribution is 5.16. The Kier molecular flexibility index (Phi) is 4.06. The standard InChI is InChI=1S/C14H25N3/c1-3-17(2)10-8-12-5-4-9-14(12,11-15)16-13-6-7-13/h12-13,16H,3-10H2,1-2H3. The Hall–Kier alpha value is -0.590. The zero-order valence-electron chi connectivity index (χ0n) is 11.2. The summed E-state index contributed by atoms with van der Waals surface area (Å²) in [5, 5.41) is 13.2. The van der Waals surface area contributed by atoms with E-state index in [9.17, 15) is 5.26 Å². The predicted molar refractivity (Wildman–Crippen MR) is 69.6 cm³/mol. The highest BCUT2D eigenvalue weighted by atomic mass is 15.1. The number of hydrogen-bond donors (Lipinski definition) is 1. The molecule has 2 aliphatic carbocycles. The molecular formula is C14H25N3. The molecule has 0 spiro atoms. The van der Waals surface area contributed by atoms with Crippen molar-refractivity contribution in [3.8, 4) is 6.07 Å². The molecule has 0 bridgehead atoms. The van der Waals surface area contributed by atoms with E-state index in [-0.39, 0.29) is 5.54 Å². The summed E-state index contributed by atoms with van der Waals surface area (Å²) in [5.74, 6) is 0.557. The molecule has 0 aromatic heterocycles. The lowest BCUT2D eigenvalue weighted by molar-refractivity contribution is 0.253. The fourth-order valence-corrected chi connectivity index (χ4v) is 2.96. The summed E-state index contributed by atoms with van der Waals surface area (Å²) in [6.45, 7) is 4.41. The highest BCUT2D eigenvalue weighted by Gasteiger charge is 2.45. The zero-order valence-corrected chi connectivity index (χ0v) is 11.2. The molecular weight excluding hydrogens is 210 g/mol. The van der Waals surface area contributed by atoms with Crippen molar-refractivity contribution < 1.29 is 0 Å². The van der Waals surface area contributed by atoms with Crippen LogP contribution in [-0.2, 0) is 0 Å². The van der Waals surface area contributed by atoms with Gasteiger partial charge in [0.05, 0.1) is 6.07 Å². The smallest absolute Gasteiger partial charge is 0.109 e. The van der Waals surface area contributed by atoms with Crippen LogP contribution in [0, 0.1) is 17.2 Å². The summed E-state index contributed by atoms with van der Waals surface area (Å²) >= 11 is 0. The molecule has 0 radical (unpaired) electrons. The van der Waals surface area contributed by atoms with Crippen molar-refractivity contribution in [2.75, 3.05) is 20.1 Å². The first-order valence-electron chi connectivity index (χ1n) is 7.07. The predicted octanol–water partition coefficient (Wildman–Crippen LogP) is 2.14.